The summed E-state index contributed by atoms with van der Waals surface area (Å²) in [5.74, 6) is 0.314. The van der Waals surface area contributed by atoms with Gasteiger partial charge in [0.1, 0.15) is 0 Å². The molecule has 4 heteroatoms. The molecule has 2 fully saturated rings. The van der Waals surface area contributed by atoms with Crippen molar-refractivity contribution >= 4 is 17.5 Å². The molecule has 122 valence electrons. The van der Waals surface area contributed by atoms with Gasteiger partial charge >= 0.3 is 0 Å². The first-order valence-electron chi connectivity index (χ1n) is 8.32. The molecule has 0 aromatic heterocycles. The van der Waals surface area contributed by atoms with Gasteiger partial charge in [0.05, 0.1) is 6.42 Å². The Bertz CT molecular complexity index is 752. The summed E-state index contributed by atoms with van der Waals surface area (Å²) < 4.78 is 0. The Morgan fingerprint density at radius 1 is 0.917 bits per heavy atom. The quantitative estimate of drug-likeness (QED) is 0.872. The Kier molecular flexibility index (Phi) is 3.60. The Labute approximate surface area is 141 Å². The number of para-hydroxylation sites is 1. The van der Waals surface area contributed by atoms with Gasteiger partial charge in [-0.05, 0) is 17.7 Å². The smallest absolute Gasteiger partial charge is 0.227 e. The van der Waals surface area contributed by atoms with Crippen LogP contribution in [0, 0.1) is 5.41 Å². The molecule has 2 aromatic rings. The van der Waals surface area contributed by atoms with Crippen molar-refractivity contribution in [2.75, 3.05) is 24.5 Å². The highest BCUT2D eigenvalue weighted by atomic mass is 16.2. The van der Waals surface area contributed by atoms with Crippen LogP contribution in [-0.4, -0.2) is 36.3 Å². The molecule has 0 unspecified atom stereocenters. The maximum Gasteiger partial charge on any atom is 0.227 e. The Morgan fingerprint density at radius 3 is 2.21 bits per heavy atom. The molecule has 0 bridgehead atoms. The molecular formula is C20H20N2O2. The largest absolute Gasteiger partial charge is 0.341 e. The molecule has 2 amide bonds. The SMILES string of the molecule is O=C(Cc1ccccc1)N1CC2(CC(=O)N(c3ccccc3)C2)C1. The number of anilines is 1. The molecule has 2 aliphatic rings. The first-order valence-corrected chi connectivity index (χ1v) is 8.32. The van der Waals surface area contributed by atoms with E-state index in [2.05, 4.69) is 0 Å². The van der Waals surface area contributed by atoms with Crippen LogP contribution in [0.1, 0.15) is 12.0 Å². The van der Waals surface area contributed by atoms with E-state index in [0.29, 0.717) is 32.5 Å². The molecule has 2 heterocycles. The van der Waals surface area contributed by atoms with Gasteiger partial charge in [-0.15, -0.1) is 0 Å². The maximum atomic E-state index is 12.4. The molecule has 2 saturated heterocycles. The van der Waals surface area contributed by atoms with Crippen molar-refractivity contribution in [1.29, 1.82) is 0 Å². The molecule has 2 aliphatic heterocycles. The van der Waals surface area contributed by atoms with Crippen molar-refractivity contribution in [3.63, 3.8) is 0 Å². The second-order valence-electron chi connectivity index (χ2n) is 6.90. The number of carbonyl (C=O) groups is 2. The van der Waals surface area contributed by atoms with Crippen LogP contribution < -0.4 is 4.90 Å². The highest BCUT2D eigenvalue weighted by Gasteiger charge is 2.52. The van der Waals surface area contributed by atoms with E-state index >= 15 is 0 Å². The second kappa shape index (κ2) is 5.78. The average Bonchev–Trinajstić information content (AvgIpc) is 2.93. The summed E-state index contributed by atoms with van der Waals surface area (Å²) in [6.07, 6.45) is 0.976. The predicted molar refractivity (Wildman–Crippen MR) is 92.6 cm³/mol. The molecule has 24 heavy (non-hydrogen) atoms. The fraction of sp³-hybridized carbons (Fsp3) is 0.300. The molecule has 0 atom stereocenters. The minimum Gasteiger partial charge on any atom is -0.341 e. The van der Waals surface area contributed by atoms with E-state index in [1.54, 1.807) is 0 Å². The van der Waals surface area contributed by atoms with Crippen LogP contribution >= 0.6 is 0 Å². The maximum absolute atomic E-state index is 12.4. The van der Waals surface area contributed by atoms with Gasteiger partial charge in [-0.2, -0.15) is 0 Å². The van der Waals surface area contributed by atoms with E-state index in [9.17, 15) is 9.59 Å². The topological polar surface area (TPSA) is 40.6 Å². The molecule has 0 radical (unpaired) electrons. The van der Waals surface area contributed by atoms with Crippen molar-refractivity contribution in [1.82, 2.24) is 4.90 Å². The normalized spacial score (nSPS) is 18.8. The summed E-state index contributed by atoms with van der Waals surface area (Å²) >= 11 is 0. The van der Waals surface area contributed by atoms with E-state index in [0.717, 1.165) is 11.3 Å². The number of rotatable bonds is 3. The van der Waals surface area contributed by atoms with Gasteiger partial charge in [-0.25, -0.2) is 0 Å². The minimum atomic E-state index is -0.0563. The fourth-order valence-corrected chi connectivity index (χ4v) is 3.77. The Balaban J connectivity index is 1.38. The van der Waals surface area contributed by atoms with Gasteiger partial charge in [0, 0.05) is 37.2 Å². The van der Waals surface area contributed by atoms with Gasteiger partial charge in [-0.1, -0.05) is 48.5 Å². The van der Waals surface area contributed by atoms with Crippen LogP contribution in [0.25, 0.3) is 0 Å². The first kappa shape index (κ1) is 14.9. The summed E-state index contributed by atoms with van der Waals surface area (Å²) in [6.45, 7) is 2.09. The molecular weight excluding hydrogens is 300 g/mol. The highest BCUT2D eigenvalue weighted by Crippen LogP contribution is 2.42. The van der Waals surface area contributed by atoms with Crippen molar-refractivity contribution in [3.8, 4) is 0 Å². The Hall–Kier alpha value is -2.62. The van der Waals surface area contributed by atoms with Crippen LogP contribution in [0.3, 0.4) is 0 Å². The Morgan fingerprint density at radius 2 is 1.54 bits per heavy atom. The molecule has 0 N–H and O–H groups in total. The second-order valence-corrected chi connectivity index (χ2v) is 6.90. The summed E-state index contributed by atoms with van der Waals surface area (Å²) in [6, 6.07) is 19.6. The number of hydrogen-bond acceptors (Lipinski definition) is 2. The third-order valence-electron chi connectivity index (χ3n) is 4.99. The van der Waals surface area contributed by atoms with Gasteiger partial charge in [0.15, 0.2) is 0 Å². The van der Waals surface area contributed by atoms with Crippen LogP contribution in [-0.2, 0) is 16.0 Å². The van der Waals surface area contributed by atoms with Gasteiger partial charge in [0.2, 0.25) is 11.8 Å². The molecule has 4 nitrogen and oxygen atoms in total. The van der Waals surface area contributed by atoms with Crippen LogP contribution in [0.2, 0.25) is 0 Å². The molecule has 0 saturated carbocycles. The van der Waals surface area contributed by atoms with Crippen LogP contribution in [0.15, 0.2) is 60.7 Å². The summed E-state index contributed by atoms with van der Waals surface area (Å²) in [5.41, 5.74) is 1.93. The number of hydrogen-bond donors (Lipinski definition) is 0. The molecule has 4 rings (SSSR count). The van der Waals surface area contributed by atoms with Crippen molar-refractivity contribution in [3.05, 3.63) is 66.2 Å². The average molecular weight is 320 g/mol. The van der Waals surface area contributed by atoms with Crippen molar-refractivity contribution < 1.29 is 9.59 Å². The van der Waals surface area contributed by atoms with E-state index in [4.69, 9.17) is 0 Å². The number of benzene rings is 2. The van der Waals surface area contributed by atoms with Crippen LogP contribution in [0.4, 0.5) is 5.69 Å². The summed E-state index contributed by atoms with van der Waals surface area (Å²) in [4.78, 5) is 28.5. The van der Waals surface area contributed by atoms with Gasteiger partial charge in [-0.3, -0.25) is 9.59 Å². The molecule has 2 aromatic carbocycles. The minimum absolute atomic E-state index is 0.0563. The lowest BCUT2D eigenvalue weighted by Gasteiger charge is -2.47. The zero-order chi connectivity index (χ0) is 16.6. The standard InChI is InChI=1S/C20H20N2O2/c23-18(11-16-7-3-1-4-8-16)21-13-20(14-21)12-19(24)22(15-20)17-9-5-2-6-10-17/h1-10H,11-15H2. The lowest BCUT2D eigenvalue weighted by Crippen LogP contribution is -2.59. The van der Waals surface area contributed by atoms with Crippen molar-refractivity contribution in [2.45, 2.75) is 12.8 Å². The first-order chi connectivity index (χ1) is 11.7. The van der Waals surface area contributed by atoms with E-state index < -0.39 is 0 Å². The van der Waals surface area contributed by atoms with E-state index in [-0.39, 0.29) is 17.2 Å². The third-order valence-corrected chi connectivity index (χ3v) is 4.99. The van der Waals surface area contributed by atoms with Crippen molar-refractivity contribution in [2.24, 2.45) is 5.41 Å². The monoisotopic (exact) mass is 320 g/mol. The van der Waals surface area contributed by atoms with E-state index in [1.165, 1.54) is 0 Å². The number of amides is 2. The summed E-state index contributed by atoms with van der Waals surface area (Å²) in [7, 11) is 0. The predicted octanol–water partition coefficient (Wildman–Crippen LogP) is 2.49. The molecule has 1 spiro atoms. The lowest BCUT2D eigenvalue weighted by molar-refractivity contribution is -0.142. The summed E-state index contributed by atoms with van der Waals surface area (Å²) in [5, 5.41) is 0. The number of likely N-dealkylation sites (tertiary alicyclic amines) is 1. The molecule has 0 aliphatic carbocycles. The van der Waals surface area contributed by atoms with Gasteiger partial charge in [0.25, 0.3) is 0 Å². The zero-order valence-corrected chi connectivity index (χ0v) is 13.5. The third kappa shape index (κ3) is 2.68. The fourth-order valence-electron chi connectivity index (χ4n) is 3.77. The number of nitrogens with zero attached hydrogens (tertiary/aromatic N) is 2. The van der Waals surface area contributed by atoms with Crippen LogP contribution in [0.5, 0.6) is 0 Å². The highest BCUT2D eigenvalue weighted by molar-refractivity contribution is 5.97. The zero-order valence-electron chi connectivity index (χ0n) is 13.5. The van der Waals surface area contributed by atoms with Gasteiger partial charge < -0.3 is 9.80 Å². The lowest BCUT2D eigenvalue weighted by atomic mass is 9.78. The van der Waals surface area contributed by atoms with E-state index in [1.807, 2.05) is 70.5 Å². The number of carbonyl (C=O) groups excluding carboxylic acids is 2.